The fourth-order valence-corrected chi connectivity index (χ4v) is 5.77. The Morgan fingerprint density at radius 1 is 1.23 bits per heavy atom. The summed E-state index contributed by atoms with van der Waals surface area (Å²) in [6.07, 6.45) is -0.188. The van der Waals surface area contributed by atoms with Gasteiger partial charge >= 0.3 is 5.97 Å². The van der Waals surface area contributed by atoms with Gasteiger partial charge in [0.1, 0.15) is 25.1 Å². The molecule has 4 rings (SSSR count). The number of ether oxygens (including phenoxy) is 1. The molecule has 0 aliphatic carbocycles. The van der Waals surface area contributed by atoms with Crippen LogP contribution in [0.3, 0.4) is 0 Å². The molecule has 0 bridgehead atoms. The summed E-state index contributed by atoms with van der Waals surface area (Å²) in [7, 11) is -3.30. The molecule has 1 amide bonds. The van der Waals surface area contributed by atoms with Gasteiger partial charge in [-0.05, 0) is 37.6 Å². The highest BCUT2D eigenvalue weighted by Crippen LogP contribution is 2.40. The van der Waals surface area contributed by atoms with Crippen LogP contribution in [0, 0.1) is 5.92 Å². The first-order valence-electron chi connectivity index (χ1n) is 14.4. The van der Waals surface area contributed by atoms with Crippen LogP contribution in [-0.2, 0) is 47.5 Å². The molecule has 6 N–H and O–H groups in total. The van der Waals surface area contributed by atoms with E-state index < -0.39 is 64.4 Å². The van der Waals surface area contributed by atoms with Crippen LogP contribution in [0.2, 0.25) is 0 Å². The van der Waals surface area contributed by atoms with Crippen LogP contribution in [0.5, 0.6) is 5.75 Å². The summed E-state index contributed by atoms with van der Waals surface area (Å²) < 4.78 is 44.9. The number of carboxylic acid groups (broad SMARTS) is 1. The smallest absolute Gasteiger partial charge is 0.351 e. The number of benzene rings is 1. The highest BCUT2D eigenvalue weighted by atomic mass is 32.3. The van der Waals surface area contributed by atoms with Crippen molar-refractivity contribution in [2.75, 3.05) is 25.4 Å². The molecule has 1 aliphatic heterocycles. The van der Waals surface area contributed by atoms with Gasteiger partial charge in [-0.15, -0.1) is 11.3 Å². The molecule has 3 heterocycles. The highest BCUT2D eigenvalue weighted by molar-refractivity contribution is 7.80. The van der Waals surface area contributed by atoms with E-state index >= 15 is 0 Å². The van der Waals surface area contributed by atoms with Gasteiger partial charge in [0.15, 0.2) is 28.5 Å². The minimum absolute atomic E-state index is 0.0313. The number of nitrogens with one attached hydrogen (secondary N) is 1. The summed E-state index contributed by atoms with van der Waals surface area (Å²) in [6.45, 7) is 4.25. The van der Waals surface area contributed by atoms with Gasteiger partial charge in [0.2, 0.25) is 10.4 Å². The largest absolute Gasteiger partial charge is 0.724 e. The van der Waals surface area contributed by atoms with E-state index in [1.54, 1.807) is 12.1 Å². The van der Waals surface area contributed by atoms with Gasteiger partial charge in [0.25, 0.3) is 12.0 Å². The number of aryl methyl sites for hydroxylation is 1. The number of ketones is 1. The monoisotopic (exact) mass is 705 g/mol. The second kappa shape index (κ2) is 15.1. The van der Waals surface area contributed by atoms with E-state index in [0.29, 0.717) is 30.4 Å². The Balaban J connectivity index is 1.43. The molecule has 17 nitrogen and oxygen atoms in total. The molecule has 2 atom stereocenters. The van der Waals surface area contributed by atoms with Crippen molar-refractivity contribution >= 4 is 50.2 Å². The number of nitrogens with zero attached hydrogens (tertiary/aromatic N) is 4. The summed E-state index contributed by atoms with van der Waals surface area (Å²) in [4.78, 5) is 47.1. The molecule has 1 unspecified atom stereocenters. The van der Waals surface area contributed by atoms with Gasteiger partial charge < -0.3 is 36.0 Å². The number of nitrogens with two attached hydrogens (primary N) is 2. The van der Waals surface area contributed by atoms with Crippen molar-refractivity contribution in [3.63, 3.8) is 0 Å². The van der Waals surface area contributed by atoms with Crippen molar-refractivity contribution in [3.8, 4) is 16.9 Å². The first-order valence-corrected chi connectivity index (χ1v) is 16.6. The number of oxime groups is 1. The molecule has 3 aromatic rings. The lowest BCUT2D eigenvalue weighted by Gasteiger charge is -2.51. The van der Waals surface area contributed by atoms with Crippen LogP contribution < -0.4 is 26.1 Å². The Hall–Kier alpha value is -4.53. The van der Waals surface area contributed by atoms with Crippen LogP contribution in [-0.4, -0.2) is 82.8 Å². The van der Waals surface area contributed by atoms with Gasteiger partial charge in [-0.3, -0.25) is 9.59 Å². The number of thiazole rings is 1. The van der Waals surface area contributed by atoms with Crippen molar-refractivity contribution < 1.29 is 50.9 Å². The number of aliphatic carboxylic acids is 1. The molecule has 1 aliphatic rings. The minimum atomic E-state index is -5.24. The van der Waals surface area contributed by atoms with E-state index in [1.807, 2.05) is 42.1 Å². The highest BCUT2D eigenvalue weighted by Gasteiger charge is 2.57. The molecule has 0 spiro atoms. The van der Waals surface area contributed by atoms with Gasteiger partial charge in [-0.2, -0.15) is 9.35 Å². The van der Waals surface area contributed by atoms with Crippen LogP contribution in [0.25, 0.3) is 11.1 Å². The number of carbonyl (C=O) groups is 3. The Labute approximate surface area is 280 Å². The molecule has 48 heavy (non-hydrogen) atoms. The summed E-state index contributed by atoms with van der Waals surface area (Å²) in [5.74, 6) is -3.89. The number of hydrogen-bond acceptors (Lipinski definition) is 15. The zero-order valence-corrected chi connectivity index (χ0v) is 27.8. The van der Waals surface area contributed by atoms with E-state index in [0.717, 1.165) is 28.2 Å². The molecule has 0 radical (unpaired) electrons. The lowest BCUT2D eigenvalue weighted by Crippen LogP contribution is -2.68. The molecule has 258 valence electrons. The van der Waals surface area contributed by atoms with Gasteiger partial charge in [0.05, 0.1) is 18.0 Å². The van der Waals surface area contributed by atoms with E-state index in [-0.39, 0.29) is 10.8 Å². The maximum absolute atomic E-state index is 13.3. The molecule has 1 saturated heterocycles. The number of amides is 1. The Kier molecular flexibility index (Phi) is 11.4. The molecule has 2 aromatic heterocycles. The van der Waals surface area contributed by atoms with Crippen LogP contribution in [0.15, 0.2) is 53.1 Å². The summed E-state index contributed by atoms with van der Waals surface area (Å²) >= 11 is 0.981. The Bertz CT molecular complexity index is 1800. The van der Waals surface area contributed by atoms with Crippen molar-refractivity contribution in [1.82, 2.24) is 15.4 Å². The summed E-state index contributed by atoms with van der Waals surface area (Å²) in [6, 6.07) is 11.0. The van der Waals surface area contributed by atoms with Crippen molar-refractivity contribution in [2.24, 2.45) is 23.9 Å². The molecule has 0 saturated carbocycles. The van der Waals surface area contributed by atoms with E-state index in [2.05, 4.69) is 19.7 Å². The van der Waals surface area contributed by atoms with E-state index in [1.165, 1.54) is 19.2 Å². The Morgan fingerprint density at radius 2 is 1.92 bits per heavy atom. The number of nitrogen functional groups attached to an aromatic ring is 1. The maximum atomic E-state index is 13.3. The van der Waals surface area contributed by atoms with Crippen molar-refractivity contribution in [1.29, 1.82) is 0 Å². The third-order valence-electron chi connectivity index (χ3n) is 7.46. The third-order valence-corrected chi connectivity index (χ3v) is 8.47. The molecular weight excluding hydrogens is 670 g/mol. The summed E-state index contributed by atoms with van der Waals surface area (Å²) in [5, 5.41) is 18.6. The topological polar surface area (TPSA) is 253 Å². The number of anilines is 1. The van der Waals surface area contributed by atoms with Gasteiger partial charge in [0, 0.05) is 36.5 Å². The number of rotatable bonds is 17. The number of carbonyl (C=O) groups excluding carboxylic acids is 2. The second-order valence-electron chi connectivity index (χ2n) is 11.2. The van der Waals surface area contributed by atoms with Gasteiger partial charge in [-0.1, -0.05) is 17.3 Å². The predicted octanol–water partition coefficient (Wildman–Crippen LogP) is 0.106. The molecule has 19 heteroatoms. The SMILES string of the molecule is C[n+]1cc(-c2ccc(OCC(O/N=C(\C(=O)C[C@@H]3C(=O)N(OS(=O)(=O)[O-])C3(C)C)c3csc(N)n3)C(=O)O)cc2)ccc1CNCCN. The van der Waals surface area contributed by atoms with E-state index in [9.17, 15) is 32.5 Å². The summed E-state index contributed by atoms with van der Waals surface area (Å²) in [5.41, 5.74) is 12.4. The zero-order valence-electron chi connectivity index (χ0n) is 26.2. The lowest BCUT2D eigenvalue weighted by atomic mass is 9.74. The zero-order chi connectivity index (χ0) is 35.2. The van der Waals surface area contributed by atoms with Crippen molar-refractivity contribution in [2.45, 2.75) is 38.5 Å². The molecule has 1 aromatic carbocycles. The Morgan fingerprint density at radius 3 is 2.48 bits per heavy atom. The number of Topliss-reactive ketones (excluding diaryl/α,β-unsaturated/α-hetero) is 1. The second-order valence-corrected chi connectivity index (χ2v) is 13.1. The number of aromatic nitrogens is 2. The normalized spacial score (nSPS) is 16.7. The fraction of sp³-hybridized carbons (Fsp3) is 0.379. The number of pyridine rings is 1. The average Bonchev–Trinajstić information content (AvgIpc) is 3.46. The lowest BCUT2D eigenvalue weighted by molar-refractivity contribution is -0.678. The quantitative estimate of drug-likeness (QED) is 0.0277. The number of β-lactam (4-membered cyclic amide) rings is 1. The number of carboxylic acids is 1. The van der Waals surface area contributed by atoms with Crippen molar-refractivity contribution in [3.05, 3.63) is 59.4 Å². The first-order chi connectivity index (χ1) is 22.6. The molecular formula is C29H35N7O10S2. The average molecular weight is 706 g/mol. The van der Waals surface area contributed by atoms with Crippen LogP contribution >= 0.6 is 11.3 Å². The maximum Gasteiger partial charge on any atom is 0.351 e. The van der Waals surface area contributed by atoms with E-state index in [4.69, 9.17) is 21.0 Å². The van der Waals surface area contributed by atoms with Gasteiger partial charge in [-0.25, -0.2) is 22.8 Å². The third kappa shape index (κ3) is 8.88. The fourth-order valence-electron chi connectivity index (χ4n) is 4.77. The van der Waals surface area contributed by atoms with Crippen LogP contribution in [0.1, 0.15) is 31.7 Å². The first kappa shape index (κ1) is 36.3. The molecule has 1 fully saturated rings. The number of hydrogen-bond donors (Lipinski definition) is 4. The standard InChI is InChI=1S/C29H35N7O10S2/c1-29(2)21(26(38)36(29)46-48(41,42)43)12-23(37)25(22-16-47-28(31)33-22)34-45-24(27(39)40)15-44-20-8-5-17(6-9-20)18-4-7-19(35(3)14-18)13-32-11-10-30/h4-9,14,16,21,24,32H,10-13,15,30H2,1-3H3,(H3-,31,33,39,40,41,42,43)/b34-25-/t21-,24?/m1/s1. The number of hydroxylamine groups is 2. The minimum Gasteiger partial charge on any atom is -0.724 e. The predicted molar refractivity (Wildman–Crippen MR) is 170 cm³/mol. The van der Waals surface area contributed by atoms with Crippen LogP contribution in [0.4, 0.5) is 5.13 Å².